The molecule has 0 aromatic heterocycles. The first-order valence-electron chi connectivity index (χ1n) is 8.08. The number of carboxylic acid groups (broad SMARTS) is 1. The molecule has 6 nitrogen and oxygen atoms in total. The molecule has 1 aromatic rings. The van der Waals surface area contributed by atoms with Gasteiger partial charge in [-0.3, -0.25) is 9.59 Å². The standard InChI is InChI=1S/C17H25NO5S/c1-4-6-11-24(22,23)15-9-7-14(8-10-15)17(21)18(12-16(19)20)13(3)5-2/h7-10,13H,4-6,11-12H2,1-3H3,(H,19,20). The van der Waals surface area contributed by atoms with Crippen molar-refractivity contribution in [2.75, 3.05) is 12.3 Å². The number of amides is 1. The molecule has 0 aliphatic heterocycles. The highest BCUT2D eigenvalue weighted by Crippen LogP contribution is 2.16. The lowest BCUT2D eigenvalue weighted by Crippen LogP contribution is -2.41. The minimum Gasteiger partial charge on any atom is -0.480 e. The van der Waals surface area contributed by atoms with E-state index in [-0.39, 0.29) is 28.8 Å². The van der Waals surface area contributed by atoms with E-state index in [1.807, 2.05) is 13.8 Å². The lowest BCUT2D eigenvalue weighted by molar-refractivity contribution is -0.138. The molecule has 1 rings (SSSR count). The fourth-order valence-electron chi connectivity index (χ4n) is 2.22. The summed E-state index contributed by atoms with van der Waals surface area (Å²) in [5.41, 5.74) is 0.283. The van der Waals surface area contributed by atoms with Crippen molar-refractivity contribution in [3.05, 3.63) is 29.8 Å². The minimum absolute atomic E-state index is 0.0782. The van der Waals surface area contributed by atoms with Crippen molar-refractivity contribution in [3.8, 4) is 0 Å². The Hall–Kier alpha value is -1.89. The summed E-state index contributed by atoms with van der Waals surface area (Å²) in [5, 5.41) is 8.98. The van der Waals surface area contributed by atoms with Gasteiger partial charge < -0.3 is 10.0 Å². The Kier molecular flexibility index (Phi) is 7.41. The summed E-state index contributed by atoms with van der Waals surface area (Å²) in [7, 11) is -3.34. The third-order valence-corrected chi connectivity index (χ3v) is 5.73. The van der Waals surface area contributed by atoms with Crippen LogP contribution in [0.1, 0.15) is 50.4 Å². The second kappa shape index (κ2) is 8.82. The van der Waals surface area contributed by atoms with Crippen molar-refractivity contribution < 1.29 is 23.1 Å². The quantitative estimate of drug-likeness (QED) is 0.735. The maximum atomic E-state index is 12.5. The number of rotatable bonds is 9. The lowest BCUT2D eigenvalue weighted by Gasteiger charge is -2.27. The molecule has 0 spiro atoms. The fourth-order valence-corrected chi connectivity index (χ4v) is 3.67. The molecule has 1 aromatic carbocycles. The van der Waals surface area contributed by atoms with E-state index < -0.39 is 21.7 Å². The first kappa shape index (κ1) is 20.2. The summed E-state index contributed by atoms with van der Waals surface area (Å²) < 4.78 is 24.3. The molecule has 0 saturated heterocycles. The van der Waals surface area contributed by atoms with Crippen molar-refractivity contribution in [2.45, 2.75) is 51.0 Å². The van der Waals surface area contributed by atoms with Gasteiger partial charge in [-0.1, -0.05) is 20.3 Å². The Morgan fingerprint density at radius 1 is 1.17 bits per heavy atom. The van der Waals surface area contributed by atoms with Crippen LogP contribution in [0.4, 0.5) is 0 Å². The van der Waals surface area contributed by atoms with Gasteiger partial charge in [-0.2, -0.15) is 0 Å². The van der Waals surface area contributed by atoms with Gasteiger partial charge >= 0.3 is 5.97 Å². The van der Waals surface area contributed by atoms with E-state index in [1.54, 1.807) is 6.92 Å². The maximum absolute atomic E-state index is 12.5. The molecule has 24 heavy (non-hydrogen) atoms. The highest BCUT2D eigenvalue weighted by atomic mass is 32.2. The second-order valence-corrected chi connectivity index (χ2v) is 7.89. The molecule has 1 unspecified atom stereocenters. The van der Waals surface area contributed by atoms with E-state index in [4.69, 9.17) is 5.11 Å². The Balaban J connectivity index is 3.01. The van der Waals surface area contributed by atoms with Gasteiger partial charge in [0.1, 0.15) is 6.54 Å². The van der Waals surface area contributed by atoms with Crippen LogP contribution in [0.25, 0.3) is 0 Å². The second-order valence-electron chi connectivity index (χ2n) is 5.78. The van der Waals surface area contributed by atoms with E-state index in [2.05, 4.69) is 0 Å². The first-order chi connectivity index (χ1) is 11.2. The normalized spacial score (nSPS) is 12.6. The number of nitrogens with zero attached hydrogens (tertiary/aromatic N) is 1. The number of benzene rings is 1. The first-order valence-corrected chi connectivity index (χ1v) is 9.73. The Morgan fingerprint density at radius 2 is 1.75 bits per heavy atom. The van der Waals surface area contributed by atoms with Crippen molar-refractivity contribution in [1.82, 2.24) is 4.90 Å². The zero-order valence-corrected chi connectivity index (χ0v) is 15.2. The predicted molar refractivity (Wildman–Crippen MR) is 91.8 cm³/mol. The third-order valence-electron chi connectivity index (χ3n) is 3.92. The van der Waals surface area contributed by atoms with Gasteiger partial charge in [0.2, 0.25) is 0 Å². The highest BCUT2D eigenvalue weighted by molar-refractivity contribution is 7.91. The molecule has 1 N–H and O–H groups in total. The van der Waals surface area contributed by atoms with Crippen molar-refractivity contribution in [1.29, 1.82) is 0 Å². The van der Waals surface area contributed by atoms with Crippen molar-refractivity contribution >= 4 is 21.7 Å². The number of hydrogen-bond acceptors (Lipinski definition) is 4. The van der Waals surface area contributed by atoms with Crippen LogP contribution in [0.15, 0.2) is 29.2 Å². The van der Waals surface area contributed by atoms with Gasteiger partial charge in [0, 0.05) is 11.6 Å². The van der Waals surface area contributed by atoms with Crippen LogP contribution in [-0.4, -0.2) is 48.6 Å². The fraction of sp³-hybridized carbons (Fsp3) is 0.529. The Bertz CT molecular complexity index is 667. The number of carbonyl (C=O) groups excluding carboxylic acids is 1. The average Bonchev–Trinajstić information content (AvgIpc) is 2.56. The van der Waals surface area contributed by atoms with Crippen molar-refractivity contribution in [3.63, 3.8) is 0 Å². The summed E-state index contributed by atoms with van der Waals surface area (Å²) in [6, 6.07) is 5.49. The zero-order valence-electron chi connectivity index (χ0n) is 14.4. The zero-order chi connectivity index (χ0) is 18.3. The minimum atomic E-state index is -3.34. The van der Waals surface area contributed by atoms with E-state index in [0.717, 1.165) is 6.42 Å². The molecular formula is C17H25NO5S. The third kappa shape index (κ3) is 5.33. The summed E-state index contributed by atoms with van der Waals surface area (Å²) in [6.45, 7) is 5.19. The number of unbranched alkanes of at least 4 members (excludes halogenated alkanes) is 1. The predicted octanol–water partition coefficient (Wildman–Crippen LogP) is 2.59. The highest BCUT2D eigenvalue weighted by Gasteiger charge is 2.23. The van der Waals surface area contributed by atoms with E-state index in [0.29, 0.717) is 12.8 Å². The van der Waals surface area contributed by atoms with Gasteiger partial charge in [0.05, 0.1) is 10.6 Å². The molecule has 0 fully saturated rings. The van der Waals surface area contributed by atoms with E-state index >= 15 is 0 Å². The summed E-state index contributed by atoms with van der Waals surface area (Å²) in [6.07, 6.45) is 2.00. The van der Waals surface area contributed by atoms with Crippen LogP contribution in [-0.2, 0) is 14.6 Å². The maximum Gasteiger partial charge on any atom is 0.323 e. The number of carboxylic acids is 1. The molecule has 0 aliphatic carbocycles. The lowest BCUT2D eigenvalue weighted by atomic mass is 10.1. The smallest absolute Gasteiger partial charge is 0.323 e. The van der Waals surface area contributed by atoms with Crippen LogP contribution < -0.4 is 0 Å². The molecule has 7 heteroatoms. The number of sulfone groups is 1. The van der Waals surface area contributed by atoms with Crippen LogP contribution in [0.5, 0.6) is 0 Å². The van der Waals surface area contributed by atoms with Gasteiger partial charge in [0.15, 0.2) is 9.84 Å². The number of carbonyl (C=O) groups is 2. The summed E-state index contributed by atoms with van der Waals surface area (Å²) in [5.74, 6) is -1.42. The average molecular weight is 355 g/mol. The number of hydrogen-bond donors (Lipinski definition) is 1. The van der Waals surface area contributed by atoms with Gasteiger partial charge in [-0.15, -0.1) is 0 Å². The molecule has 0 heterocycles. The summed E-state index contributed by atoms with van der Waals surface area (Å²) in [4.78, 5) is 25.0. The molecule has 0 bridgehead atoms. The monoisotopic (exact) mass is 355 g/mol. The van der Waals surface area contributed by atoms with E-state index in [1.165, 1.54) is 29.2 Å². The van der Waals surface area contributed by atoms with Gasteiger partial charge in [-0.05, 0) is 44.0 Å². The van der Waals surface area contributed by atoms with Crippen LogP contribution >= 0.6 is 0 Å². The largest absolute Gasteiger partial charge is 0.480 e. The Morgan fingerprint density at radius 3 is 2.21 bits per heavy atom. The van der Waals surface area contributed by atoms with Crippen LogP contribution in [0.3, 0.4) is 0 Å². The molecule has 0 saturated carbocycles. The van der Waals surface area contributed by atoms with Crippen LogP contribution in [0.2, 0.25) is 0 Å². The Labute approximate surface area is 143 Å². The van der Waals surface area contributed by atoms with E-state index in [9.17, 15) is 18.0 Å². The molecular weight excluding hydrogens is 330 g/mol. The topological polar surface area (TPSA) is 91.8 Å². The molecule has 1 amide bonds. The SMILES string of the molecule is CCCCS(=O)(=O)c1ccc(C(=O)N(CC(=O)O)C(C)CC)cc1. The van der Waals surface area contributed by atoms with Gasteiger partial charge in [-0.25, -0.2) is 8.42 Å². The molecule has 134 valence electrons. The number of aliphatic carboxylic acids is 1. The molecule has 0 aliphatic rings. The van der Waals surface area contributed by atoms with Gasteiger partial charge in [0.25, 0.3) is 5.91 Å². The molecule has 1 atom stereocenters. The summed E-state index contributed by atoms with van der Waals surface area (Å²) >= 11 is 0. The van der Waals surface area contributed by atoms with Crippen molar-refractivity contribution in [2.24, 2.45) is 0 Å². The molecule has 0 radical (unpaired) electrons. The van der Waals surface area contributed by atoms with Crippen LogP contribution in [0, 0.1) is 0 Å².